The van der Waals surface area contributed by atoms with Gasteiger partial charge in [0.2, 0.25) is 5.91 Å². The first-order valence-electron chi connectivity index (χ1n) is 5.60. The lowest BCUT2D eigenvalue weighted by Crippen LogP contribution is -2.39. The van der Waals surface area contributed by atoms with E-state index in [2.05, 4.69) is 12.2 Å². The van der Waals surface area contributed by atoms with Gasteiger partial charge in [0.25, 0.3) is 0 Å². The molecule has 0 radical (unpaired) electrons. The first-order chi connectivity index (χ1) is 7.09. The normalized spacial score (nSPS) is 26.7. The summed E-state index contributed by atoms with van der Waals surface area (Å²) < 4.78 is 0. The van der Waals surface area contributed by atoms with E-state index in [0.29, 0.717) is 5.92 Å². The number of carboxylic acid groups (broad SMARTS) is 1. The zero-order valence-electron chi connectivity index (χ0n) is 9.16. The Labute approximate surface area is 90.0 Å². The molecule has 1 fully saturated rings. The zero-order valence-corrected chi connectivity index (χ0v) is 9.16. The SMILES string of the molecule is CC1CCCCCC1NC(=O)CC(=O)O. The van der Waals surface area contributed by atoms with Crippen LogP contribution in [0.15, 0.2) is 0 Å². The fourth-order valence-corrected chi connectivity index (χ4v) is 2.10. The summed E-state index contributed by atoms with van der Waals surface area (Å²) in [7, 11) is 0. The van der Waals surface area contributed by atoms with Crippen molar-refractivity contribution in [1.29, 1.82) is 0 Å². The second-order valence-corrected chi connectivity index (χ2v) is 4.36. The Morgan fingerprint density at radius 1 is 1.27 bits per heavy atom. The molecular weight excluding hydrogens is 194 g/mol. The van der Waals surface area contributed by atoms with Gasteiger partial charge in [-0.25, -0.2) is 0 Å². The van der Waals surface area contributed by atoms with E-state index in [1.165, 1.54) is 12.8 Å². The molecule has 15 heavy (non-hydrogen) atoms. The maximum Gasteiger partial charge on any atom is 0.312 e. The fraction of sp³-hybridized carbons (Fsp3) is 0.818. The van der Waals surface area contributed by atoms with Crippen LogP contribution in [-0.4, -0.2) is 23.0 Å². The minimum atomic E-state index is -1.06. The van der Waals surface area contributed by atoms with Gasteiger partial charge in [-0.1, -0.05) is 26.2 Å². The van der Waals surface area contributed by atoms with Crippen LogP contribution in [0.3, 0.4) is 0 Å². The van der Waals surface area contributed by atoms with Crippen LogP contribution in [0.1, 0.15) is 45.4 Å². The molecule has 0 aromatic rings. The topological polar surface area (TPSA) is 66.4 Å². The molecule has 2 atom stereocenters. The van der Waals surface area contributed by atoms with Crippen LogP contribution in [-0.2, 0) is 9.59 Å². The number of carbonyl (C=O) groups excluding carboxylic acids is 1. The number of amides is 1. The van der Waals surface area contributed by atoms with Crippen molar-refractivity contribution in [1.82, 2.24) is 5.32 Å². The van der Waals surface area contributed by atoms with Crippen LogP contribution in [0.2, 0.25) is 0 Å². The van der Waals surface area contributed by atoms with Crippen molar-refractivity contribution in [3.05, 3.63) is 0 Å². The fourth-order valence-electron chi connectivity index (χ4n) is 2.10. The van der Waals surface area contributed by atoms with Crippen LogP contribution < -0.4 is 5.32 Å². The van der Waals surface area contributed by atoms with Gasteiger partial charge in [0, 0.05) is 6.04 Å². The van der Waals surface area contributed by atoms with Gasteiger partial charge in [0.1, 0.15) is 6.42 Å². The molecule has 1 amide bonds. The van der Waals surface area contributed by atoms with Gasteiger partial charge in [0.05, 0.1) is 0 Å². The van der Waals surface area contributed by atoms with E-state index in [1.54, 1.807) is 0 Å². The summed E-state index contributed by atoms with van der Waals surface area (Å²) in [5.41, 5.74) is 0. The highest BCUT2D eigenvalue weighted by atomic mass is 16.4. The first kappa shape index (κ1) is 12.0. The lowest BCUT2D eigenvalue weighted by atomic mass is 9.97. The summed E-state index contributed by atoms with van der Waals surface area (Å²) >= 11 is 0. The standard InChI is InChI=1S/C11H19NO3/c1-8-5-3-2-4-6-9(8)12-10(13)7-11(14)15/h8-9H,2-7H2,1H3,(H,12,13)(H,14,15). The number of hydrogen-bond donors (Lipinski definition) is 2. The number of nitrogens with one attached hydrogen (secondary N) is 1. The summed E-state index contributed by atoms with van der Waals surface area (Å²) in [6.07, 6.45) is 5.25. The average molecular weight is 213 g/mol. The van der Waals surface area contributed by atoms with E-state index in [0.717, 1.165) is 19.3 Å². The predicted molar refractivity (Wildman–Crippen MR) is 56.4 cm³/mol. The van der Waals surface area contributed by atoms with Crippen LogP contribution in [0.5, 0.6) is 0 Å². The molecule has 0 aliphatic heterocycles. The van der Waals surface area contributed by atoms with E-state index < -0.39 is 12.4 Å². The number of carbonyl (C=O) groups is 2. The quantitative estimate of drug-likeness (QED) is 0.552. The summed E-state index contributed by atoms with van der Waals surface area (Å²) in [6.45, 7) is 2.12. The maximum absolute atomic E-state index is 11.3. The summed E-state index contributed by atoms with van der Waals surface area (Å²) in [5.74, 6) is -0.958. The lowest BCUT2D eigenvalue weighted by Gasteiger charge is -2.22. The van der Waals surface area contributed by atoms with Crippen molar-refractivity contribution in [3.8, 4) is 0 Å². The van der Waals surface area contributed by atoms with Gasteiger partial charge in [-0.3, -0.25) is 9.59 Å². The largest absolute Gasteiger partial charge is 0.481 e. The van der Waals surface area contributed by atoms with Crippen molar-refractivity contribution >= 4 is 11.9 Å². The minimum absolute atomic E-state index is 0.166. The molecule has 0 bridgehead atoms. The highest BCUT2D eigenvalue weighted by molar-refractivity contribution is 5.93. The van der Waals surface area contributed by atoms with Gasteiger partial charge in [0.15, 0.2) is 0 Å². The van der Waals surface area contributed by atoms with Crippen LogP contribution >= 0.6 is 0 Å². The second-order valence-electron chi connectivity index (χ2n) is 4.36. The Balaban J connectivity index is 2.40. The van der Waals surface area contributed by atoms with Gasteiger partial charge in [-0.05, 0) is 18.8 Å². The molecule has 4 heteroatoms. The van der Waals surface area contributed by atoms with Crippen molar-refractivity contribution in [2.75, 3.05) is 0 Å². The number of rotatable bonds is 3. The van der Waals surface area contributed by atoms with E-state index in [9.17, 15) is 9.59 Å². The van der Waals surface area contributed by atoms with E-state index >= 15 is 0 Å². The second kappa shape index (κ2) is 5.73. The molecule has 0 aromatic heterocycles. The first-order valence-corrected chi connectivity index (χ1v) is 5.60. The zero-order chi connectivity index (χ0) is 11.3. The minimum Gasteiger partial charge on any atom is -0.481 e. The van der Waals surface area contributed by atoms with E-state index in [4.69, 9.17) is 5.11 Å². The molecule has 1 aliphatic carbocycles. The van der Waals surface area contributed by atoms with Crippen molar-refractivity contribution in [2.24, 2.45) is 5.92 Å². The summed E-state index contributed by atoms with van der Waals surface area (Å²) in [6, 6.07) is 0.166. The van der Waals surface area contributed by atoms with Crippen molar-refractivity contribution in [3.63, 3.8) is 0 Å². The van der Waals surface area contributed by atoms with Crippen LogP contribution in [0.4, 0.5) is 0 Å². The third-order valence-electron chi connectivity index (χ3n) is 3.02. The Morgan fingerprint density at radius 3 is 2.60 bits per heavy atom. The lowest BCUT2D eigenvalue weighted by molar-refractivity contribution is -0.141. The smallest absolute Gasteiger partial charge is 0.312 e. The molecule has 1 aliphatic rings. The molecule has 0 spiro atoms. The predicted octanol–water partition coefficient (Wildman–Crippen LogP) is 1.55. The highest BCUT2D eigenvalue weighted by Crippen LogP contribution is 2.22. The molecule has 0 heterocycles. The van der Waals surface area contributed by atoms with E-state index in [1.807, 2.05) is 0 Å². The van der Waals surface area contributed by atoms with Crippen LogP contribution in [0.25, 0.3) is 0 Å². The molecule has 4 nitrogen and oxygen atoms in total. The third kappa shape index (κ3) is 4.32. The molecule has 1 saturated carbocycles. The maximum atomic E-state index is 11.3. The van der Waals surface area contributed by atoms with E-state index in [-0.39, 0.29) is 11.9 Å². The van der Waals surface area contributed by atoms with Crippen LogP contribution in [0, 0.1) is 5.92 Å². The highest BCUT2D eigenvalue weighted by Gasteiger charge is 2.22. The summed E-state index contributed by atoms with van der Waals surface area (Å²) in [4.78, 5) is 21.6. The average Bonchev–Trinajstić information content (AvgIpc) is 2.30. The molecule has 0 aromatic carbocycles. The number of aliphatic carboxylic acids is 1. The molecule has 2 N–H and O–H groups in total. The van der Waals surface area contributed by atoms with Crippen molar-refractivity contribution in [2.45, 2.75) is 51.5 Å². The number of hydrogen-bond acceptors (Lipinski definition) is 2. The monoisotopic (exact) mass is 213 g/mol. The van der Waals surface area contributed by atoms with Gasteiger partial charge < -0.3 is 10.4 Å². The third-order valence-corrected chi connectivity index (χ3v) is 3.02. The Hall–Kier alpha value is -1.06. The Bertz CT molecular complexity index is 240. The van der Waals surface area contributed by atoms with Crippen molar-refractivity contribution < 1.29 is 14.7 Å². The Kier molecular flexibility index (Phi) is 4.59. The molecule has 86 valence electrons. The van der Waals surface area contributed by atoms with Gasteiger partial charge in [-0.15, -0.1) is 0 Å². The molecule has 1 rings (SSSR count). The number of carboxylic acids is 1. The summed E-state index contributed by atoms with van der Waals surface area (Å²) in [5, 5.41) is 11.3. The van der Waals surface area contributed by atoms with Gasteiger partial charge in [-0.2, -0.15) is 0 Å². The molecule has 0 saturated heterocycles. The molecule has 2 unspecified atom stereocenters. The molecular formula is C11H19NO3. The Morgan fingerprint density at radius 2 is 1.93 bits per heavy atom. The van der Waals surface area contributed by atoms with Gasteiger partial charge >= 0.3 is 5.97 Å².